The number of benzene rings is 1. The molecule has 0 bridgehead atoms. The standard InChI is InChI=1S/C15H24N2O3S/c1-5-9-17(15(2,3)4)21(18,19)11-10-20-14-8-6-7-13(16)12-14/h5-8,12H,1,9-11,16H2,2-4H3. The smallest absolute Gasteiger partial charge is 0.218 e. The molecule has 0 unspecified atom stereocenters. The van der Waals surface area contributed by atoms with Crippen molar-refractivity contribution < 1.29 is 13.2 Å². The van der Waals surface area contributed by atoms with Crippen LogP contribution in [-0.2, 0) is 10.0 Å². The molecular weight excluding hydrogens is 288 g/mol. The zero-order valence-corrected chi connectivity index (χ0v) is 13.7. The van der Waals surface area contributed by atoms with E-state index in [9.17, 15) is 8.42 Å². The maximum Gasteiger partial charge on any atom is 0.218 e. The van der Waals surface area contributed by atoms with Gasteiger partial charge in [-0.25, -0.2) is 8.42 Å². The Balaban J connectivity index is 2.69. The van der Waals surface area contributed by atoms with Crippen LogP contribution in [0.1, 0.15) is 20.8 Å². The van der Waals surface area contributed by atoms with Gasteiger partial charge in [0.25, 0.3) is 0 Å². The van der Waals surface area contributed by atoms with E-state index in [1.165, 1.54) is 4.31 Å². The van der Waals surface area contributed by atoms with Gasteiger partial charge in [0.15, 0.2) is 0 Å². The van der Waals surface area contributed by atoms with E-state index in [2.05, 4.69) is 6.58 Å². The van der Waals surface area contributed by atoms with Gasteiger partial charge < -0.3 is 10.5 Å². The summed E-state index contributed by atoms with van der Waals surface area (Å²) in [6.07, 6.45) is 1.58. The molecule has 0 fully saturated rings. The fraction of sp³-hybridized carbons (Fsp3) is 0.467. The minimum atomic E-state index is -3.42. The summed E-state index contributed by atoms with van der Waals surface area (Å²) in [6.45, 7) is 9.54. The van der Waals surface area contributed by atoms with Gasteiger partial charge >= 0.3 is 0 Å². The van der Waals surface area contributed by atoms with Crippen LogP contribution in [0.25, 0.3) is 0 Å². The Morgan fingerprint density at radius 2 is 2.05 bits per heavy atom. The van der Waals surface area contributed by atoms with Gasteiger partial charge in [0.1, 0.15) is 12.4 Å². The molecule has 0 saturated carbocycles. The van der Waals surface area contributed by atoms with Gasteiger partial charge in [-0.05, 0) is 32.9 Å². The molecule has 21 heavy (non-hydrogen) atoms. The second-order valence-corrected chi connectivity index (χ2v) is 7.74. The van der Waals surface area contributed by atoms with Crippen LogP contribution in [0.4, 0.5) is 5.69 Å². The molecule has 0 aliphatic rings. The first-order chi connectivity index (χ1) is 9.66. The van der Waals surface area contributed by atoms with E-state index in [-0.39, 0.29) is 18.9 Å². The van der Waals surface area contributed by atoms with Gasteiger partial charge in [0, 0.05) is 23.8 Å². The number of hydrogen-bond acceptors (Lipinski definition) is 4. The van der Waals surface area contributed by atoms with Gasteiger partial charge in [-0.3, -0.25) is 0 Å². The highest BCUT2D eigenvalue weighted by atomic mass is 32.2. The van der Waals surface area contributed by atoms with Crippen LogP contribution in [-0.4, -0.2) is 37.2 Å². The van der Waals surface area contributed by atoms with E-state index in [1.807, 2.05) is 20.8 Å². The summed E-state index contributed by atoms with van der Waals surface area (Å²) in [5, 5.41) is 0. The molecule has 1 rings (SSSR count). The third kappa shape index (κ3) is 5.40. The maximum atomic E-state index is 12.4. The van der Waals surface area contributed by atoms with Gasteiger partial charge in [-0.1, -0.05) is 12.1 Å². The molecule has 1 aromatic rings. The summed E-state index contributed by atoms with van der Waals surface area (Å²) in [7, 11) is -3.42. The Labute approximate surface area is 127 Å². The molecule has 0 heterocycles. The minimum Gasteiger partial charge on any atom is -0.492 e. The Bertz CT molecular complexity index is 577. The van der Waals surface area contributed by atoms with Crippen LogP contribution in [0.2, 0.25) is 0 Å². The SMILES string of the molecule is C=CCN(C(C)(C)C)S(=O)(=O)CCOc1cccc(N)c1. The largest absolute Gasteiger partial charge is 0.492 e. The molecular formula is C15H24N2O3S. The van der Waals surface area contributed by atoms with Crippen LogP contribution in [0, 0.1) is 0 Å². The van der Waals surface area contributed by atoms with Crippen LogP contribution in [0.5, 0.6) is 5.75 Å². The first-order valence-electron chi connectivity index (χ1n) is 6.76. The summed E-state index contributed by atoms with van der Waals surface area (Å²) in [6, 6.07) is 6.92. The van der Waals surface area contributed by atoms with Crippen LogP contribution >= 0.6 is 0 Å². The number of nitrogen functional groups attached to an aromatic ring is 1. The second-order valence-electron chi connectivity index (χ2n) is 5.73. The van der Waals surface area contributed by atoms with Crippen molar-refractivity contribution in [2.45, 2.75) is 26.3 Å². The fourth-order valence-electron chi connectivity index (χ4n) is 1.90. The zero-order valence-electron chi connectivity index (χ0n) is 12.9. The van der Waals surface area contributed by atoms with Crippen molar-refractivity contribution in [1.82, 2.24) is 4.31 Å². The van der Waals surface area contributed by atoms with E-state index in [0.717, 1.165) is 0 Å². The molecule has 118 valence electrons. The molecule has 2 N–H and O–H groups in total. The normalized spacial score (nSPS) is 12.4. The van der Waals surface area contributed by atoms with E-state index >= 15 is 0 Å². The second kappa shape index (κ2) is 6.95. The van der Waals surface area contributed by atoms with E-state index in [1.54, 1.807) is 30.3 Å². The average molecular weight is 312 g/mol. The predicted octanol–water partition coefficient (Wildman–Crippen LogP) is 2.26. The van der Waals surface area contributed by atoms with Crippen molar-refractivity contribution in [2.24, 2.45) is 0 Å². The van der Waals surface area contributed by atoms with E-state index in [4.69, 9.17) is 10.5 Å². The zero-order chi connectivity index (χ0) is 16.1. The first kappa shape index (κ1) is 17.5. The fourth-order valence-corrected chi connectivity index (χ4v) is 3.58. The van der Waals surface area contributed by atoms with Crippen molar-refractivity contribution in [3.63, 3.8) is 0 Å². The molecule has 5 nitrogen and oxygen atoms in total. The molecule has 0 aromatic heterocycles. The Hall–Kier alpha value is -1.53. The van der Waals surface area contributed by atoms with Gasteiger partial charge in [0.2, 0.25) is 10.0 Å². The molecule has 6 heteroatoms. The van der Waals surface area contributed by atoms with Crippen LogP contribution in [0.15, 0.2) is 36.9 Å². The van der Waals surface area contributed by atoms with Crippen molar-refractivity contribution in [1.29, 1.82) is 0 Å². The molecule has 1 aromatic carbocycles. The number of sulfonamides is 1. The molecule has 0 aliphatic heterocycles. The Morgan fingerprint density at radius 3 is 2.57 bits per heavy atom. The number of anilines is 1. The number of ether oxygens (including phenoxy) is 1. The van der Waals surface area contributed by atoms with Gasteiger partial charge in [0.05, 0.1) is 5.75 Å². The molecule has 0 amide bonds. The molecule has 0 atom stereocenters. The van der Waals surface area contributed by atoms with Crippen molar-refractivity contribution >= 4 is 15.7 Å². The van der Waals surface area contributed by atoms with Gasteiger partial charge in [-0.15, -0.1) is 6.58 Å². The predicted molar refractivity (Wildman–Crippen MR) is 86.8 cm³/mol. The van der Waals surface area contributed by atoms with Crippen LogP contribution < -0.4 is 10.5 Å². The first-order valence-corrected chi connectivity index (χ1v) is 8.37. The Kier molecular flexibility index (Phi) is 5.80. The minimum absolute atomic E-state index is 0.0789. The molecule has 0 saturated heterocycles. The quantitative estimate of drug-likeness (QED) is 0.619. The lowest BCUT2D eigenvalue weighted by molar-refractivity contribution is 0.265. The lowest BCUT2D eigenvalue weighted by Gasteiger charge is -2.33. The summed E-state index contributed by atoms with van der Waals surface area (Å²) in [4.78, 5) is 0. The van der Waals surface area contributed by atoms with Gasteiger partial charge in [-0.2, -0.15) is 4.31 Å². The Morgan fingerprint density at radius 1 is 1.38 bits per heavy atom. The monoisotopic (exact) mass is 312 g/mol. The average Bonchev–Trinajstić information content (AvgIpc) is 2.34. The third-order valence-corrected chi connectivity index (χ3v) is 4.90. The highest BCUT2D eigenvalue weighted by Gasteiger charge is 2.31. The third-order valence-electron chi connectivity index (χ3n) is 2.85. The van der Waals surface area contributed by atoms with Crippen LogP contribution in [0.3, 0.4) is 0 Å². The summed E-state index contributed by atoms with van der Waals surface area (Å²) >= 11 is 0. The lowest BCUT2D eigenvalue weighted by atomic mass is 10.1. The summed E-state index contributed by atoms with van der Waals surface area (Å²) in [5.41, 5.74) is 5.73. The summed E-state index contributed by atoms with van der Waals surface area (Å²) < 4.78 is 31.7. The van der Waals surface area contributed by atoms with Crippen molar-refractivity contribution in [2.75, 3.05) is 24.6 Å². The number of nitrogens with zero attached hydrogens (tertiary/aromatic N) is 1. The molecule has 0 radical (unpaired) electrons. The number of hydrogen-bond donors (Lipinski definition) is 1. The van der Waals surface area contributed by atoms with E-state index < -0.39 is 15.6 Å². The summed E-state index contributed by atoms with van der Waals surface area (Å²) in [5.74, 6) is 0.476. The number of rotatable bonds is 7. The van der Waals surface area contributed by atoms with E-state index in [0.29, 0.717) is 11.4 Å². The highest BCUT2D eigenvalue weighted by Crippen LogP contribution is 2.19. The molecule has 0 aliphatic carbocycles. The highest BCUT2D eigenvalue weighted by molar-refractivity contribution is 7.89. The maximum absolute atomic E-state index is 12.4. The molecule has 0 spiro atoms. The number of nitrogens with two attached hydrogens (primary N) is 1. The lowest BCUT2D eigenvalue weighted by Crippen LogP contribution is -2.47. The van der Waals surface area contributed by atoms with Crippen molar-refractivity contribution in [3.05, 3.63) is 36.9 Å². The topological polar surface area (TPSA) is 72.6 Å². The van der Waals surface area contributed by atoms with Crippen molar-refractivity contribution in [3.8, 4) is 5.75 Å².